The van der Waals surface area contributed by atoms with Gasteiger partial charge in [0.25, 0.3) is 0 Å². The molecule has 0 spiro atoms. The first kappa shape index (κ1) is 13.7. The van der Waals surface area contributed by atoms with Gasteiger partial charge >= 0.3 is 0 Å². The third-order valence-electron chi connectivity index (χ3n) is 3.36. The summed E-state index contributed by atoms with van der Waals surface area (Å²) in [5, 5.41) is 0.700. The fourth-order valence-electron chi connectivity index (χ4n) is 2.31. The van der Waals surface area contributed by atoms with E-state index < -0.39 is 0 Å². The van der Waals surface area contributed by atoms with E-state index in [1.807, 2.05) is 29.2 Å². The highest BCUT2D eigenvalue weighted by Crippen LogP contribution is 2.19. The van der Waals surface area contributed by atoms with E-state index in [0.29, 0.717) is 23.2 Å². The molecule has 0 aliphatic carbocycles. The Kier molecular flexibility index (Phi) is 4.90. The number of carbonyl (C=O) groups is 1. The molecule has 2 rings (SSSR count). The smallest absolute Gasteiger partial charge is 0.226 e. The Labute approximate surface area is 118 Å². The zero-order chi connectivity index (χ0) is 13.0. The largest absolute Gasteiger partial charge is 0.342 e. The van der Waals surface area contributed by atoms with Crippen molar-refractivity contribution in [3.05, 3.63) is 34.9 Å². The molecule has 1 aliphatic heterocycles. The molecule has 4 heteroatoms. The highest BCUT2D eigenvalue weighted by Gasteiger charge is 2.22. The van der Waals surface area contributed by atoms with Gasteiger partial charge in [-0.1, -0.05) is 23.7 Å². The molecule has 0 aromatic heterocycles. The molecule has 98 valence electrons. The van der Waals surface area contributed by atoms with Crippen molar-refractivity contribution in [3.8, 4) is 0 Å². The number of hydrogen-bond acceptors (Lipinski definition) is 1. The molecule has 0 N–H and O–H groups in total. The number of carbonyl (C=O) groups excluding carboxylic acids is 1. The quantitative estimate of drug-likeness (QED) is 0.780. The third kappa shape index (κ3) is 3.63. The lowest BCUT2D eigenvalue weighted by atomic mass is 9.99. The zero-order valence-corrected chi connectivity index (χ0v) is 11.8. The van der Waals surface area contributed by atoms with Crippen molar-refractivity contribution < 1.29 is 4.79 Å². The van der Waals surface area contributed by atoms with Crippen molar-refractivity contribution >= 4 is 29.1 Å². The monoisotopic (exact) mass is 285 g/mol. The van der Waals surface area contributed by atoms with Crippen molar-refractivity contribution in [1.29, 1.82) is 0 Å². The molecular weight excluding hydrogens is 269 g/mol. The van der Waals surface area contributed by atoms with Crippen LogP contribution < -0.4 is 0 Å². The van der Waals surface area contributed by atoms with Crippen LogP contribution in [0, 0.1) is 5.92 Å². The number of amides is 1. The molecule has 1 aromatic rings. The minimum Gasteiger partial charge on any atom is -0.342 e. The van der Waals surface area contributed by atoms with E-state index in [4.69, 9.17) is 23.2 Å². The molecule has 0 saturated carbocycles. The van der Waals surface area contributed by atoms with Gasteiger partial charge in [-0.05, 0) is 36.5 Å². The average molecular weight is 286 g/mol. The number of rotatable bonds is 3. The van der Waals surface area contributed by atoms with Crippen LogP contribution in [0.2, 0.25) is 5.02 Å². The van der Waals surface area contributed by atoms with Gasteiger partial charge < -0.3 is 4.90 Å². The van der Waals surface area contributed by atoms with Gasteiger partial charge in [0, 0.05) is 24.0 Å². The van der Waals surface area contributed by atoms with E-state index in [-0.39, 0.29) is 5.91 Å². The number of benzene rings is 1. The van der Waals surface area contributed by atoms with E-state index in [1.165, 1.54) is 0 Å². The maximum absolute atomic E-state index is 12.2. The van der Waals surface area contributed by atoms with Crippen LogP contribution in [0.1, 0.15) is 18.4 Å². The first-order chi connectivity index (χ1) is 8.69. The number of alkyl halides is 1. The topological polar surface area (TPSA) is 20.3 Å². The summed E-state index contributed by atoms with van der Waals surface area (Å²) in [5.41, 5.74) is 1.01. The number of nitrogens with zero attached hydrogens (tertiary/aromatic N) is 1. The predicted molar refractivity (Wildman–Crippen MR) is 75.2 cm³/mol. The Bertz CT molecular complexity index is 405. The molecule has 1 aliphatic rings. The lowest BCUT2D eigenvalue weighted by Crippen LogP contribution is -2.41. The molecular formula is C14H17Cl2NO. The number of halogens is 2. The van der Waals surface area contributed by atoms with Crippen LogP contribution in [-0.4, -0.2) is 29.8 Å². The van der Waals surface area contributed by atoms with Gasteiger partial charge in [0.15, 0.2) is 0 Å². The standard InChI is InChI=1S/C14H17Cl2NO/c15-9-12-2-1-7-17(10-12)14(18)8-11-3-5-13(16)6-4-11/h3-6,12H,1-2,7-10H2. The van der Waals surface area contributed by atoms with Crippen molar-refractivity contribution in [2.45, 2.75) is 19.3 Å². The Morgan fingerprint density at radius 2 is 2.06 bits per heavy atom. The fourth-order valence-corrected chi connectivity index (χ4v) is 2.68. The lowest BCUT2D eigenvalue weighted by Gasteiger charge is -2.32. The molecule has 1 atom stereocenters. The zero-order valence-electron chi connectivity index (χ0n) is 10.2. The van der Waals surface area contributed by atoms with E-state index in [2.05, 4.69) is 0 Å². The molecule has 1 unspecified atom stereocenters. The summed E-state index contributed by atoms with van der Waals surface area (Å²) in [6.07, 6.45) is 2.64. The van der Waals surface area contributed by atoms with Gasteiger partial charge in [-0.25, -0.2) is 0 Å². The Morgan fingerprint density at radius 1 is 1.33 bits per heavy atom. The van der Waals surface area contributed by atoms with E-state index in [9.17, 15) is 4.79 Å². The molecule has 0 bridgehead atoms. The van der Waals surface area contributed by atoms with Gasteiger partial charge in [-0.15, -0.1) is 11.6 Å². The minimum atomic E-state index is 0.187. The SMILES string of the molecule is O=C(Cc1ccc(Cl)cc1)N1CCCC(CCl)C1. The van der Waals surface area contributed by atoms with E-state index >= 15 is 0 Å². The maximum Gasteiger partial charge on any atom is 0.226 e. The molecule has 1 saturated heterocycles. The summed E-state index contributed by atoms with van der Waals surface area (Å²) >= 11 is 11.7. The molecule has 1 aromatic carbocycles. The Hall–Kier alpha value is -0.730. The predicted octanol–water partition coefficient (Wildman–Crippen LogP) is 3.36. The maximum atomic E-state index is 12.2. The Balaban J connectivity index is 1.93. The summed E-state index contributed by atoms with van der Waals surface area (Å²) in [6.45, 7) is 1.66. The van der Waals surface area contributed by atoms with Crippen molar-refractivity contribution in [1.82, 2.24) is 4.90 Å². The molecule has 18 heavy (non-hydrogen) atoms. The summed E-state index contributed by atoms with van der Waals surface area (Å²) in [6, 6.07) is 7.45. The van der Waals surface area contributed by atoms with Gasteiger partial charge in [0.1, 0.15) is 0 Å². The highest BCUT2D eigenvalue weighted by atomic mass is 35.5. The van der Waals surface area contributed by atoms with Crippen LogP contribution in [0.25, 0.3) is 0 Å². The van der Waals surface area contributed by atoms with Crippen LogP contribution in [0.15, 0.2) is 24.3 Å². The van der Waals surface area contributed by atoms with Gasteiger partial charge in [-0.2, -0.15) is 0 Å². The molecule has 1 amide bonds. The van der Waals surface area contributed by atoms with Crippen LogP contribution in [-0.2, 0) is 11.2 Å². The third-order valence-corrected chi connectivity index (χ3v) is 4.05. The molecule has 0 radical (unpaired) electrons. The van der Waals surface area contributed by atoms with Crippen LogP contribution in [0.4, 0.5) is 0 Å². The van der Waals surface area contributed by atoms with Gasteiger partial charge in [-0.3, -0.25) is 4.79 Å². The second-order valence-electron chi connectivity index (χ2n) is 4.81. The summed E-state index contributed by atoms with van der Waals surface area (Å²) < 4.78 is 0. The average Bonchev–Trinajstić information content (AvgIpc) is 2.41. The van der Waals surface area contributed by atoms with Crippen LogP contribution >= 0.6 is 23.2 Å². The number of piperidine rings is 1. The second kappa shape index (κ2) is 6.44. The normalized spacial score (nSPS) is 19.9. The van der Waals surface area contributed by atoms with Crippen molar-refractivity contribution in [2.24, 2.45) is 5.92 Å². The minimum absolute atomic E-state index is 0.187. The number of hydrogen-bond donors (Lipinski definition) is 0. The molecule has 2 nitrogen and oxygen atoms in total. The summed E-state index contributed by atoms with van der Waals surface area (Å²) in [4.78, 5) is 14.1. The molecule has 1 heterocycles. The van der Waals surface area contributed by atoms with E-state index in [1.54, 1.807) is 0 Å². The lowest BCUT2D eigenvalue weighted by molar-refractivity contribution is -0.132. The van der Waals surface area contributed by atoms with Crippen molar-refractivity contribution in [2.75, 3.05) is 19.0 Å². The summed E-state index contributed by atoms with van der Waals surface area (Å²) in [5.74, 6) is 1.28. The Morgan fingerprint density at radius 3 is 2.72 bits per heavy atom. The van der Waals surface area contributed by atoms with Gasteiger partial charge in [0.05, 0.1) is 6.42 Å². The first-order valence-electron chi connectivity index (χ1n) is 6.27. The molecule has 1 fully saturated rings. The second-order valence-corrected chi connectivity index (χ2v) is 5.55. The number of likely N-dealkylation sites (tertiary alicyclic amines) is 1. The van der Waals surface area contributed by atoms with Crippen LogP contribution in [0.3, 0.4) is 0 Å². The van der Waals surface area contributed by atoms with E-state index in [0.717, 1.165) is 31.5 Å². The van der Waals surface area contributed by atoms with Crippen molar-refractivity contribution in [3.63, 3.8) is 0 Å². The fraction of sp³-hybridized carbons (Fsp3) is 0.500. The van der Waals surface area contributed by atoms with Gasteiger partial charge in [0.2, 0.25) is 5.91 Å². The summed E-state index contributed by atoms with van der Waals surface area (Å²) in [7, 11) is 0. The first-order valence-corrected chi connectivity index (χ1v) is 7.18. The highest BCUT2D eigenvalue weighted by molar-refractivity contribution is 6.30. The van der Waals surface area contributed by atoms with Crippen LogP contribution in [0.5, 0.6) is 0 Å².